The quantitative estimate of drug-likeness (QED) is 0.0912. The molecule has 0 spiro atoms. The molecule has 0 bridgehead atoms. The fourth-order valence-electron chi connectivity index (χ4n) is 6.86. The molecule has 1 atom stereocenters. The van der Waals surface area contributed by atoms with Gasteiger partial charge in [-0.2, -0.15) is 46.7 Å². The molecule has 0 saturated carbocycles. The van der Waals surface area contributed by atoms with E-state index in [0.29, 0.717) is 11.8 Å². The van der Waals surface area contributed by atoms with Gasteiger partial charge in [0.05, 0.1) is 33.7 Å². The maximum atomic E-state index is 12.6. The first-order valence-corrected chi connectivity index (χ1v) is 23.3. The van der Waals surface area contributed by atoms with Crippen LogP contribution in [0, 0.1) is 0 Å². The maximum Gasteiger partial charge on any atom is 0.298 e. The Morgan fingerprint density at radius 3 is 1.94 bits per heavy atom. The van der Waals surface area contributed by atoms with E-state index in [1.165, 1.54) is 66.7 Å². The molecule has 0 fully saturated rings. The molecule has 2 aliphatic rings. The number of nitrogens with zero attached hydrogens (tertiary/aromatic N) is 2. The molecule has 0 amide bonds. The van der Waals surface area contributed by atoms with Gasteiger partial charge in [0.1, 0.15) is 22.1 Å². The molecule has 0 radical (unpaired) electrons. The van der Waals surface area contributed by atoms with Gasteiger partial charge in [-0.1, -0.05) is 6.08 Å². The summed E-state index contributed by atoms with van der Waals surface area (Å²) in [4.78, 5) is 10.8. The van der Waals surface area contributed by atoms with Crippen LogP contribution in [0.2, 0.25) is 0 Å². The van der Waals surface area contributed by atoms with Gasteiger partial charge in [-0.3, -0.25) is 27.6 Å². The molecule has 4 rings (SSSR count). The molecule has 2 heterocycles. The van der Waals surface area contributed by atoms with Gasteiger partial charge in [0.2, 0.25) is 5.69 Å². The number of carbonyl (C=O) groups excluding carboxylic acids is 1. The van der Waals surface area contributed by atoms with Gasteiger partial charge < -0.3 is 9.64 Å². The second-order valence-electron chi connectivity index (χ2n) is 13.2. The first-order valence-electron chi connectivity index (χ1n) is 15.5. The predicted molar refractivity (Wildman–Crippen MR) is 192 cm³/mol. The van der Waals surface area contributed by atoms with Crippen molar-refractivity contribution in [2.24, 2.45) is 0 Å². The highest BCUT2D eigenvalue weighted by Crippen LogP contribution is 2.50. The average Bonchev–Trinajstić information content (AvgIpc) is 3.33. The van der Waals surface area contributed by atoms with Gasteiger partial charge in [-0.05, 0) is 63.1 Å². The van der Waals surface area contributed by atoms with Crippen LogP contribution >= 0.6 is 0 Å². The molecule has 5 N–H and O–H groups in total. The minimum atomic E-state index is -5.17. The number of carbonyl (C=O) groups is 1. The fraction of sp³-hybridized carbons (Fsp3) is 0.400. The Labute approximate surface area is 312 Å². The largest absolute Gasteiger partial charge is 0.429 e. The minimum Gasteiger partial charge on any atom is -0.429 e. The van der Waals surface area contributed by atoms with Crippen molar-refractivity contribution in [2.75, 3.05) is 35.2 Å². The van der Waals surface area contributed by atoms with Crippen LogP contribution in [0.1, 0.15) is 44.7 Å². The van der Waals surface area contributed by atoms with Crippen molar-refractivity contribution < 1.29 is 79.0 Å². The Morgan fingerprint density at radius 1 is 0.796 bits per heavy atom. The number of ether oxygens (including phenoxy) is 1. The molecule has 0 aromatic heterocycles. The highest BCUT2D eigenvalue weighted by Gasteiger charge is 2.49. The smallest absolute Gasteiger partial charge is 0.298 e. The lowest BCUT2D eigenvalue weighted by atomic mass is 9.81. The summed E-state index contributed by atoms with van der Waals surface area (Å²) in [5.41, 5.74) is -2.51. The molecular weight excluding hydrogens is 821 g/mol. The summed E-state index contributed by atoms with van der Waals surface area (Å²) in [5, 5.41) is 0. The number of benzene rings is 2. The van der Waals surface area contributed by atoms with Gasteiger partial charge in [-0.15, -0.1) is 0 Å². The lowest BCUT2D eigenvalue weighted by molar-refractivity contribution is -0.437. The minimum absolute atomic E-state index is 0.000420. The molecule has 2 aliphatic heterocycles. The second kappa shape index (κ2) is 14.8. The van der Waals surface area contributed by atoms with Crippen LogP contribution in [0.3, 0.4) is 0 Å². The van der Waals surface area contributed by atoms with E-state index in [0.717, 1.165) is 6.07 Å². The predicted octanol–water partition coefficient (Wildman–Crippen LogP) is 1.75. The van der Waals surface area contributed by atoms with E-state index in [1.54, 1.807) is 0 Å². The van der Waals surface area contributed by atoms with Crippen LogP contribution < -0.4 is 9.64 Å². The normalized spacial score (nSPS) is 19.8. The monoisotopic (exact) mass is 857 g/mol. The first-order chi connectivity index (χ1) is 24.5. The van der Waals surface area contributed by atoms with Gasteiger partial charge >= 0.3 is 0 Å². The Bertz CT molecular complexity index is 2540. The van der Waals surface area contributed by atoms with E-state index in [4.69, 9.17) is 4.74 Å². The summed E-state index contributed by atoms with van der Waals surface area (Å²) in [6.45, 7) is 4.13. The maximum absolute atomic E-state index is 12.6. The number of rotatable bonds is 16. The van der Waals surface area contributed by atoms with Crippen molar-refractivity contribution in [1.82, 2.24) is 0 Å². The molecule has 1 unspecified atom stereocenters. The molecular formula is C30H37N2O17S5+. The van der Waals surface area contributed by atoms with Crippen LogP contribution in [0.15, 0.2) is 64.0 Å². The molecule has 24 heteroatoms. The number of fused-ring (bicyclic) bond motifs is 2. The molecule has 298 valence electrons. The summed E-state index contributed by atoms with van der Waals surface area (Å²) in [6, 6.07) is 5.66. The zero-order valence-corrected chi connectivity index (χ0v) is 32.8. The van der Waals surface area contributed by atoms with Crippen molar-refractivity contribution in [1.29, 1.82) is 0 Å². The molecule has 0 saturated heterocycles. The zero-order chi connectivity index (χ0) is 40.9. The van der Waals surface area contributed by atoms with Crippen LogP contribution in [0.4, 0.5) is 11.4 Å². The molecule has 2 aromatic rings. The van der Waals surface area contributed by atoms with E-state index in [9.17, 15) is 69.6 Å². The number of allylic oxidation sites excluding steroid dienone is 4. The van der Waals surface area contributed by atoms with Gasteiger partial charge in [0.25, 0.3) is 57.1 Å². The summed E-state index contributed by atoms with van der Waals surface area (Å²) >= 11 is 0. The Kier molecular flexibility index (Phi) is 11.8. The number of hydrogen-bond donors (Lipinski definition) is 5. The third-order valence-electron chi connectivity index (χ3n) is 8.92. The molecule has 19 nitrogen and oxygen atoms in total. The van der Waals surface area contributed by atoms with E-state index in [1.807, 2.05) is 0 Å². The summed E-state index contributed by atoms with van der Waals surface area (Å²) in [7, 11) is -23.9. The molecule has 54 heavy (non-hydrogen) atoms. The van der Waals surface area contributed by atoms with Gasteiger partial charge in [0, 0.05) is 36.5 Å². The van der Waals surface area contributed by atoms with Crippen molar-refractivity contribution in [3.05, 3.63) is 65.4 Å². The number of hydrogen-bond acceptors (Lipinski definition) is 13. The molecule has 2 aromatic carbocycles. The first kappa shape index (κ1) is 43.1. The zero-order valence-electron chi connectivity index (χ0n) is 28.7. The van der Waals surface area contributed by atoms with Crippen molar-refractivity contribution >= 4 is 74.1 Å². The summed E-state index contributed by atoms with van der Waals surface area (Å²) in [6.07, 6.45) is 3.66. The van der Waals surface area contributed by atoms with Crippen LogP contribution in [0.25, 0.3) is 0 Å². The average molecular weight is 858 g/mol. The van der Waals surface area contributed by atoms with E-state index >= 15 is 0 Å². The lowest BCUT2D eigenvalue weighted by Crippen LogP contribution is -2.35. The third kappa shape index (κ3) is 9.61. The van der Waals surface area contributed by atoms with Crippen LogP contribution in [-0.4, -0.2) is 112 Å². The SMILES string of the molecule is CC1(C)C(/C=C/C=C2/N(CCCS(=O)(=O)O)c3ccc(OC=O)cc3C2(C)CS(=O)(=O)O)=[N+](CCCS(=O)(=O)O)c2cc(S(=O)(=O)O)cc(S(=O)(=O)O)c21. The third-order valence-corrected chi connectivity index (χ3v) is 13.2. The Morgan fingerprint density at radius 2 is 1.41 bits per heavy atom. The molecule has 0 aliphatic carbocycles. The van der Waals surface area contributed by atoms with Crippen molar-refractivity contribution in [3.63, 3.8) is 0 Å². The van der Waals surface area contributed by atoms with Gasteiger partial charge in [0.15, 0.2) is 5.71 Å². The van der Waals surface area contributed by atoms with Crippen LogP contribution in [-0.2, 0) is 66.2 Å². The second-order valence-corrected chi connectivity index (χ2v) is 20.6. The highest BCUT2D eigenvalue weighted by atomic mass is 32.2. The summed E-state index contributed by atoms with van der Waals surface area (Å²) in [5.74, 6) is -2.39. The van der Waals surface area contributed by atoms with E-state index < -0.39 is 88.5 Å². The number of anilines is 1. The van der Waals surface area contributed by atoms with Crippen LogP contribution in [0.5, 0.6) is 5.75 Å². The van der Waals surface area contributed by atoms with Crippen molar-refractivity contribution in [2.45, 2.75) is 54.2 Å². The topological polar surface area (TPSA) is 304 Å². The Balaban J connectivity index is 2.00. The summed E-state index contributed by atoms with van der Waals surface area (Å²) < 4.78 is 176. The van der Waals surface area contributed by atoms with E-state index in [-0.39, 0.29) is 66.4 Å². The highest BCUT2D eigenvalue weighted by molar-refractivity contribution is 7.87. The standard InChI is InChI=1S/C30H36N2O17S5/c1-29(2)26(32(12-6-14-51(37,38)39)24-16-21(53(43,44)45)17-25(28(24)29)54(46,47)48)7-4-8-27-30(3,18-52(40,41)42)22-15-20(49-19-33)9-10-23(22)31(27)11-5-13-50(34,35)36/h4,7-10,15-17,19H,5-6,11-14,18H2,1-3H3,(H4-,34,35,36,37,38,39,40,41,42,43,44,45,46,47,48)/p+1. The van der Waals surface area contributed by atoms with Crippen molar-refractivity contribution in [3.8, 4) is 5.75 Å². The lowest BCUT2D eigenvalue weighted by Gasteiger charge is -2.29. The van der Waals surface area contributed by atoms with Gasteiger partial charge in [-0.25, -0.2) is 0 Å². The fourth-order valence-corrected chi connectivity index (χ4v) is 10.4. The van der Waals surface area contributed by atoms with E-state index in [2.05, 4.69) is 0 Å². The Hall–Kier alpha value is -3.59.